The van der Waals surface area contributed by atoms with Crippen molar-refractivity contribution in [2.75, 3.05) is 18.2 Å². The Labute approximate surface area is 189 Å². The molecule has 1 fully saturated rings. The van der Waals surface area contributed by atoms with Crippen molar-refractivity contribution < 1.29 is 18.3 Å². The van der Waals surface area contributed by atoms with Crippen molar-refractivity contribution in [2.24, 2.45) is 16.7 Å². The molecule has 3 aromatic rings. The third-order valence-electron chi connectivity index (χ3n) is 5.34. The average molecular weight is 454 g/mol. The Hall–Kier alpha value is -3.79. The highest BCUT2D eigenvalue weighted by Gasteiger charge is 2.47. The fourth-order valence-corrected chi connectivity index (χ4v) is 3.69. The fourth-order valence-electron chi connectivity index (χ4n) is 3.69. The number of amides is 1. The van der Waals surface area contributed by atoms with E-state index in [2.05, 4.69) is 10.1 Å². The van der Waals surface area contributed by atoms with Crippen LogP contribution < -0.4 is 21.4 Å². The van der Waals surface area contributed by atoms with E-state index in [0.717, 1.165) is 10.5 Å². The lowest BCUT2D eigenvalue weighted by atomic mass is 10.0. The molecular weight excluding hydrogens is 430 g/mol. The van der Waals surface area contributed by atoms with Gasteiger partial charge in [0.1, 0.15) is 5.84 Å². The van der Waals surface area contributed by atoms with Crippen molar-refractivity contribution >= 4 is 28.3 Å². The number of alkyl halides is 2. The topological polar surface area (TPSA) is 110 Å². The van der Waals surface area contributed by atoms with Crippen molar-refractivity contribution in [3.05, 3.63) is 66.2 Å². The number of para-hydroxylation sites is 2. The molecule has 1 unspecified atom stereocenters. The van der Waals surface area contributed by atoms with Gasteiger partial charge >= 0.3 is 0 Å². The van der Waals surface area contributed by atoms with Crippen LogP contribution in [0.4, 0.5) is 14.5 Å². The van der Waals surface area contributed by atoms with Gasteiger partial charge in [0.05, 0.1) is 23.3 Å². The molecule has 0 spiro atoms. The third kappa shape index (κ3) is 4.85. The Morgan fingerprint density at radius 2 is 1.91 bits per heavy atom. The highest BCUT2D eigenvalue weighted by atomic mass is 19.3. The molecule has 8 nitrogen and oxygen atoms in total. The first-order chi connectivity index (χ1) is 15.7. The summed E-state index contributed by atoms with van der Waals surface area (Å²) < 4.78 is 35.0. The van der Waals surface area contributed by atoms with Crippen LogP contribution in [-0.2, 0) is 0 Å². The number of anilines is 1. The molecule has 1 aliphatic heterocycles. The van der Waals surface area contributed by atoms with E-state index >= 15 is 0 Å². The van der Waals surface area contributed by atoms with Gasteiger partial charge in [-0.2, -0.15) is 5.12 Å². The molecule has 4 N–H and O–H groups in total. The molecule has 0 bridgehead atoms. The average Bonchev–Trinajstić information content (AvgIpc) is 2.79. The predicted molar refractivity (Wildman–Crippen MR) is 122 cm³/mol. The van der Waals surface area contributed by atoms with Crippen molar-refractivity contribution in [1.82, 2.24) is 9.88 Å². The Bertz CT molecular complexity index is 1200. The van der Waals surface area contributed by atoms with Gasteiger partial charge in [0, 0.05) is 24.4 Å². The zero-order chi connectivity index (χ0) is 23.6. The monoisotopic (exact) mass is 454 g/mol. The lowest BCUT2D eigenvalue weighted by molar-refractivity contribution is -0.131. The fraction of sp³-hybridized carbons (Fsp3) is 0.261. The van der Waals surface area contributed by atoms with Gasteiger partial charge in [-0.1, -0.05) is 30.3 Å². The highest BCUT2D eigenvalue weighted by molar-refractivity contribution is 6.00. The van der Waals surface area contributed by atoms with Crippen molar-refractivity contribution in [2.45, 2.75) is 25.4 Å². The Morgan fingerprint density at radius 3 is 2.70 bits per heavy atom. The van der Waals surface area contributed by atoms with E-state index in [0.29, 0.717) is 11.2 Å². The summed E-state index contributed by atoms with van der Waals surface area (Å²) in [4.78, 5) is 18.9. The van der Waals surface area contributed by atoms with Gasteiger partial charge in [0.25, 0.3) is 11.8 Å². The number of nitrogens with zero attached hydrogens (tertiary/aromatic N) is 4. The van der Waals surface area contributed by atoms with Crippen molar-refractivity contribution in [1.29, 1.82) is 0 Å². The van der Waals surface area contributed by atoms with Crippen LogP contribution in [0, 0.1) is 0 Å². The predicted octanol–water partition coefficient (Wildman–Crippen LogP) is 3.14. The smallest absolute Gasteiger partial charge is 0.287 e. The van der Waals surface area contributed by atoms with Crippen LogP contribution in [0.3, 0.4) is 0 Å². The van der Waals surface area contributed by atoms with Gasteiger partial charge in [-0.3, -0.25) is 4.79 Å². The molecule has 172 valence electrons. The molecule has 1 amide bonds. The van der Waals surface area contributed by atoms with Crippen LogP contribution >= 0.6 is 0 Å². The molecule has 10 heteroatoms. The molecular formula is C23H24F2N6O2. The summed E-state index contributed by atoms with van der Waals surface area (Å²) in [7, 11) is 0. The number of halogens is 2. The number of amidine groups is 1. The standard InChI is InChI=1S/C23H24F2N6O2/c1-15(26)29-31(27)19-9-5-3-7-17(19)22(32)30-13-12-23(24,25)20(14-30)33-21-11-10-16-6-2-4-8-18(16)28-21/h2-11,20H,12-14,27H2,1H3,(H2,26,29). The van der Waals surface area contributed by atoms with Crippen LogP contribution in [-0.4, -0.2) is 46.7 Å². The third-order valence-corrected chi connectivity index (χ3v) is 5.34. The lowest BCUT2D eigenvalue weighted by Crippen LogP contribution is -2.55. The van der Waals surface area contributed by atoms with E-state index in [4.69, 9.17) is 16.3 Å². The maximum absolute atomic E-state index is 14.7. The van der Waals surface area contributed by atoms with E-state index in [1.165, 1.54) is 4.90 Å². The largest absolute Gasteiger partial charge is 0.466 e. The zero-order valence-electron chi connectivity index (χ0n) is 18.0. The summed E-state index contributed by atoms with van der Waals surface area (Å²) in [5, 5.41) is 5.80. The molecule has 4 rings (SSSR count). The Morgan fingerprint density at radius 1 is 1.18 bits per heavy atom. The summed E-state index contributed by atoms with van der Waals surface area (Å²) in [6.45, 7) is 1.12. The number of ether oxygens (including phenoxy) is 1. The number of hydrogen-bond acceptors (Lipinski definition) is 6. The van der Waals surface area contributed by atoms with Crippen molar-refractivity contribution in [3.63, 3.8) is 0 Å². The molecule has 2 heterocycles. The lowest BCUT2D eigenvalue weighted by Gasteiger charge is -2.38. The van der Waals surface area contributed by atoms with Gasteiger partial charge < -0.3 is 15.4 Å². The van der Waals surface area contributed by atoms with E-state index < -0.39 is 24.4 Å². The molecule has 2 aromatic carbocycles. The van der Waals surface area contributed by atoms with Crippen LogP contribution in [0.1, 0.15) is 23.7 Å². The minimum absolute atomic E-state index is 0.0777. The summed E-state index contributed by atoms with van der Waals surface area (Å²) in [5.41, 5.74) is 6.74. The van der Waals surface area contributed by atoms with Gasteiger partial charge in [0.15, 0.2) is 6.10 Å². The van der Waals surface area contributed by atoms with Gasteiger partial charge in [-0.15, -0.1) is 5.10 Å². The maximum atomic E-state index is 14.7. The van der Waals surface area contributed by atoms with Crippen LogP contribution in [0.25, 0.3) is 10.9 Å². The quantitative estimate of drug-likeness (QED) is 0.265. The SMILES string of the molecule is C/C(N)=N/N(N)c1ccccc1C(=O)N1CCC(F)(F)C(Oc2ccc3ccccc3n2)C1. The summed E-state index contributed by atoms with van der Waals surface area (Å²) >= 11 is 0. The van der Waals surface area contributed by atoms with E-state index in [9.17, 15) is 13.6 Å². The second kappa shape index (κ2) is 8.99. The van der Waals surface area contributed by atoms with Gasteiger partial charge in [-0.05, 0) is 31.2 Å². The first-order valence-corrected chi connectivity index (χ1v) is 10.4. The summed E-state index contributed by atoms with van der Waals surface area (Å²) in [6.07, 6.45) is -2.08. The van der Waals surface area contributed by atoms with Crippen molar-refractivity contribution in [3.8, 4) is 5.88 Å². The number of fused-ring (bicyclic) bond motifs is 1. The normalized spacial score (nSPS) is 18.2. The molecule has 1 aliphatic rings. The number of piperidine rings is 1. The molecule has 0 aliphatic carbocycles. The number of pyridine rings is 1. The first-order valence-electron chi connectivity index (χ1n) is 10.4. The number of rotatable bonds is 5. The van der Waals surface area contributed by atoms with E-state index in [-0.39, 0.29) is 30.4 Å². The second-order valence-corrected chi connectivity index (χ2v) is 7.81. The van der Waals surface area contributed by atoms with Crippen LogP contribution in [0.15, 0.2) is 65.8 Å². The Kier molecular flexibility index (Phi) is 6.10. The minimum Gasteiger partial charge on any atom is -0.466 e. The minimum atomic E-state index is -3.12. The van der Waals surface area contributed by atoms with Crippen LogP contribution in [0.5, 0.6) is 5.88 Å². The number of likely N-dealkylation sites (tertiary alicyclic amines) is 1. The molecule has 1 aromatic heterocycles. The number of carbonyl (C=O) groups excluding carboxylic acids is 1. The number of hydrazine groups is 1. The number of hydrogen-bond donors (Lipinski definition) is 2. The number of carbonyl (C=O) groups is 1. The van der Waals surface area contributed by atoms with Gasteiger partial charge in [0.2, 0.25) is 5.88 Å². The summed E-state index contributed by atoms with van der Waals surface area (Å²) in [5.74, 6) is 2.63. The number of benzene rings is 2. The maximum Gasteiger partial charge on any atom is 0.287 e. The number of aromatic nitrogens is 1. The molecule has 1 saturated heterocycles. The highest BCUT2D eigenvalue weighted by Crippen LogP contribution is 2.33. The second-order valence-electron chi connectivity index (χ2n) is 7.81. The van der Waals surface area contributed by atoms with Crippen LogP contribution in [0.2, 0.25) is 0 Å². The zero-order valence-corrected chi connectivity index (χ0v) is 18.0. The molecule has 33 heavy (non-hydrogen) atoms. The molecule has 0 radical (unpaired) electrons. The molecule has 1 atom stereocenters. The number of hydrazone groups is 1. The van der Waals surface area contributed by atoms with E-state index in [1.807, 2.05) is 18.2 Å². The van der Waals surface area contributed by atoms with E-state index in [1.54, 1.807) is 49.4 Å². The summed E-state index contributed by atoms with van der Waals surface area (Å²) in [6, 6.07) is 17.1. The molecule has 0 saturated carbocycles. The Balaban J connectivity index is 1.57. The number of nitrogens with two attached hydrogens (primary N) is 2. The van der Waals surface area contributed by atoms with Gasteiger partial charge in [-0.25, -0.2) is 19.6 Å². The first kappa shape index (κ1) is 22.4.